The van der Waals surface area contributed by atoms with Crippen LogP contribution in [0.3, 0.4) is 0 Å². The van der Waals surface area contributed by atoms with Crippen molar-refractivity contribution in [3.63, 3.8) is 0 Å². The third-order valence-corrected chi connectivity index (χ3v) is 3.62. The Bertz CT molecular complexity index is 394. The molecule has 0 aliphatic carbocycles. The molecule has 2 N–H and O–H groups in total. The lowest BCUT2D eigenvalue weighted by molar-refractivity contribution is 0.295. The normalized spacial score (nSPS) is 11.1. The Hall–Kier alpha value is -1.13. The van der Waals surface area contributed by atoms with Gasteiger partial charge in [-0.25, -0.2) is 4.39 Å². The summed E-state index contributed by atoms with van der Waals surface area (Å²) < 4.78 is 14.3. The van der Waals surface area contributed by atoms with Crippen LogP contribution in [0.5, 0.6) is 0 Å². The third kappa shape index (κ3) is 4.46. The van der Waals surface area contributed by atoms with Gasteiger partial charge in [0.05, 0.1) is 12.3 Å². The van der Waals surface area contributed by atoms with Crippen LogP contribution in [0.2, 0.25) is 0 Å². The van der Waals surface area contributed by atoms with Crippen molar-refractivity contribution in [2.75, 3.05) is 24.6 Å². The first-order valence-electron chi connectivity index (χ1n) is 7.54. The zero-order chi connectivity index (χ0) is 15.0. The first kappa shape index (κ1) is 16.9. The summed E-state index contributed by atoms with van der Waals surface area (Å²) >= 11 is 0. The van der Waals surface area contributed by atoms with E-state index in [1.165, 1.54) is 0 Å². The van der Waals surface area contributed by atoms with Crippen molar-refractivity contribution < 1.29 is 9.50 Å². The number of hydrogen-bond donors (Lipinski definition) is 2. The van der Waals surface area contributed by atoms with Crippen LogP contribution in [0.15, 0.2) is 18.2 Å². The van der Waals surface area contributed by atoms with E-state index in [0.29, 0.717) is 18.8 Å². The monoisotopic (exact) mass is 282 g/mol. The smallest absolute Gasteiger partial charge is 0.146 e. The molecule has 0 atom stereocenters. The molecule has 0 spiro atoms. The molecule has 20 heavy (non-hydrogen) atoms. The molecule has 3 nitrogen and oxygen atoms in total. The van der Waals surface area contributed by atoms with Crippen LogP contribution >= 0.6 is 0 Å². The second kappa shape index (κ2) is 8.93. The zero-order valence-corrected chi connectivity index (χ0v) is 12.8. The van der Waals surface area contributed by atoms with Gasteiger partial charge < -0.3 is 15.3 Å². The van der Waals surface area contributed by atoms with Gasteiger partial charge in [-0.05, 0) is 37.1 Å². The van der Waals surface area contributed by atoms with Crippen LogP contribution < -0.4 is 10.2 Å². The van der Waals surface area contributed by atoms with Gasteiger partial charge in [-0.1, -0.05) is 26.8 Å². The summed E-state index contributed by atoms with van der Waals surface area (Å²) in [5.41, 5.74) is 1.54. The molecular formula is C16H27FN2O. The number of nitrogens with zero attached hydrogens (tertiary/aromatic N) is 1. The fourth-order valence-electron chi connectivity index (χ4n) is 2.50. The Balaban J connectivity index is 2.95. The molecule has 0 bridgehead atoms. The van der Waals surface area contributed by atoms with Crippen LogP contribution in [0.4, 0.5) is 10.1 Å². The SMILES string of the molecule is CCNCc1ccc(N(CCO)C(CC)CC)c(F)c1. The predicted molar refractivity (Wildman–Crippen MR) is 82.6 cm³/mol. The van der Waals surface area contributed by atoms with E-state index in [0.717, 1.165) is 24.9 Å². The van der Waals surface area contributed by atoms with Gasteiger partial charge in [0.25, 0.3) is 0 Å². The van der Waals surface area contributed by atoms with Crippen molar-refractivity contribution in [3.05, 3.63) is 29.6 Å². The highest BCUT2D eigenvalue weighted by atomic mass is 19.1. The maximum absolute atomic E-state index is 14.3. The number of nitrogens with one attached hydrogen (secondary N) is 1. The number of aliphatic hydroxyl groups is 1. The summed E-state index contributed by atoms with van der Waals surface area (Å²) in [6, 6.07) is 5.63. The lowest BCUT2D eigenvalue weighted by Crippen LogP contribution is -2.37. The Morgan fingerprint density at radius 1 is 1.25 bits per heavy atom. The van der Waals surface area contributed by atoms with Gasteiger partial charge in [-0.2, -0.15) is 0 Å². The van der Waals surface area contributed by atoms with E-state index in [1.807, 2.05) is 24.0 Å². The standard InChI is InChI=1S/C16H27FN2O/c1-4-14(5-2)19(9-10-20)16-8-7-13(11-15(16)17)12-18-6-3/h7-8,11,14,18,20H,4-6,9-10,12H2,1-3H3. The minimum Gasteiger partial charge on any atom is -0.395 e. The van der Waals surface area contributed by atoms with Crippen molar-refractivity contribution in [3.8, 4) is 0 Å². The summed E-state index contributed by atoms with van der Waals surface area (Å²) in [4.78, 5) is 1.98. The van der Waals surface area contributed by atoms with E-state index >= 15 is 0 Å². The summed E-state index contributed by atoms with van der Waals surface area (Å²) in [5.74, 6) is -0.208. The Morgan fingerprint density at radius 3 is 2.45 bits per heavy atom. The molecule has 0 aromatic heterocycles. The second-order valence-electron chi connectivity index (χ2n) is 4.95. The first-order valence-corrected chi connectivity index (χ1v) is 7.54. The molecule has 1 aromatic rings. The van der Waals surface area contributed by atoms with Crippen LogP contribution in [-0.2, 0) is 6.54 Å². The summed E-state index contributed by atoms with van der Waals surface area (Å²) in [6.07, 6.45) is 1.88. The average molecular weight is 282 g/mol. The van der Waals surface area contributed by atoms with Gasteiger partial charge in [0.1, 0.15) is 5.82 Å². The maximum atomic E-state index is 14.3. The zero-order valence-electron chi connectivity index (χ0n) is 12.8. The molecule has 0 unspecified atom stereocenters. The van der Waals surface area contributed by atoms with Gasteiger partial charge in [0.2, 0.25) is 0 Å². The van der Waals surface area contributed by atoms with Gasteiger partial charge >= 0.3 is 0 Å². The maximum Gasteiger partial charge on any atom is 0.146 e. The fraction of sp³-hybridized carbons (Fsp3) is 0.625. The highest BCUT2D eigenvalue weighted by Crippen LogP contribution is 2.24. The lowest BCUT2D eigenvalue weighted by Gasteiger charge is -2.32. The van der Waals surface area contributed by atoms with E-state index < -0.39 is 0 Å². The average Bonchev–Trinajstić information content (AvgIpc) is 2.46. The van der Waals surface area contributed by atoms with E-state index in [-0.39, 0.29) is 18.5 Å². The lowest BCUT2D eigenvalue weighted by atomic mass is 10.1. The van der Waals surface area contributed by atoms with E-state index in [1.54, 1.807) is 6.07 Å². The van der Waals surface area contributed by atoms with Gasteiger partial charge in [-0.3, -0.25) is 0 Å². The molecule has 0 fully saturated rings. The highest BCUT2D eigenvalue weighted by Gasteiger charge is 2.18. The molecule has 0 radical (unpaired) electrons. The molecular weight excluding hydrogens is 255 g/mol. The van der Waals surface area contributed by atoms with Gasteiger partial charge in [-0.15, -0.1) is 0 Å². The third-order valence-electron chi connectivity index (χ3n) is 3.62. The summed E-state index contributed by atoms with van der Waals surface area (Å²) in [5, 5.41) is 12.4. The highest BCUT2D eigenvalue weighted by molar-refractivity contribution is 5.50. The number of halogens is 1. The van der Waals surface area contributed by atoms with Crippen molar-refractivity contribution in [2.24, 2.45) is 0 Å². The second-order valence-corrected chi connectivity index (χ2v) is 4.95. The van der Waals surface area contributed by atoms with Crippen molar-refractivity contribution in [2.45, 2.75) is 46.2 Å². The number of benzene rings is 1. The summed E-state index contributed by atoms with van der Waals surface area (Å²) in [6.45, 7) is 8.27. The predicted octanol–water partition coefficient (Wildman–Crippen LogP) is 2.92. The minimum absolute atomic E-state index is 0.0368. The first-order chi connectivity index (χ1) is 9.67. The quantitative estimate of drug-likeness (QED) is 0.731. The van der Waals surface area contributed by atoms with E-state index in [4.69, 9.17) is 0 Å². The molecule has 1 aromatic carbocycles. The molecule has 0 amide bonds. The van der Waals surface area contributed by atoms with E-state index in [2.05, 4.69) is 19.2 Å². The van der Waals surface area contributed by atoms with E-state index in [9.17, 15) is 9.50 Å². The van der Waals surface area contributed by atoms with Gasteiger partial charge in [0, 0.05) is 19.1 Å². The number of anilines is 1. The molecule has 1 rings (SSSR count). The summed E-state index contributed by atoms with van der Waals surface area (Å²) in [7, 11) is 0. The molecule has 0 saturated carbocycles. The van der Waals surface area contributed by atoms with Crippen LogP contribution in [-0.4, -0.2) is 30.8 Å². The molecule has 4 heteroatoms. The number of rotatable bonds is 9. The Labute approximate surface area is 121 Å². The largest absolute Gasteiger partial charge is 0.395 e. The number of hydrogen-bond acceptors (Lipinski definition) is 3. The Morgan fingerprint density at radius 2 is 1.95 bits per heavy atom. The van der Waals surface area contributed by atoms with Crippen molar-refractivity contribution in [1.82, 2.24) is 5.32 Å². The molecule has 114 valence electrons. The number of aliphatic hydroxyl groups excluding tert-OH is 1. The molecule has 0 heterocycles. The fourth-order valence-corrected chi connectivity index (χ4v) is 2.50. The van der Waals surface area contributed by atoms with Crippen LogP contribution in [0, 0.1) is 5.82 Å². The van der Waals surface area contributed by atoms with Crippen molar-refractivity contribution in [1.29, 1.82) is 0 Å². The van der Waals surface area contributed by atoms with Gasteiger partial charge in [0.15, 0.2) is 0 Å². The Kier molecular flexibility index (Phi) is 7.55. The van der Waals surface area contributed by atoms with Crippen LogP contribution in [0.1, 0.15) is 39.2 Å². The molecule has 0 aliphatic rings. The minimum atomic E-state index is -0.208. The topological polar surface area (TPSA) is 35.5 Å². The molecule has 0 aliphatic heterocycles. The van der Waals surface area contributed by atoms with Crippen LogP contribution in [0.25, 0.3) is 0 Å². The molecule has 0 saturated heterocycles. The van der Waals surface area contributed by atoms with Crippen molar-refractivity contribution >= 4 is 5.69 Å².